The van der Waals surface area contributed by atoms with E-state index in [2.05, 4.69) is 4.74 Å². The molecule has 0 radical (unpaired) electrons. The molecule has 2 N–H and O–H groups in total. The van der Waals surface area contributed by atoms with E-state index in [4.69, 9.17) is 5.11 Å². The van der Waals surface area contributed by atoms with Crippen molar-refractivity contribution >= 4 is 21.7 Å². The van der Waals surface area contributed by atoms with Gasteiger partial charge in [0.1, 0.15) is 6.04 Å². The SMILES string of the molecule is COC[C@H](NS(=O)(=O)c1ccccc1[N+](=O)[O-])C(=O)O. The van der Waals surface area contributed by atoms with Crippen molar-refractivity contribution in [2.75, 3.05) is 13.7 Å². The van der Waals surface area contributed by atoms with E-state index in [1.165, 1.54) is 19.2 Å². The van der Waals surface area contributed by atoms with Gasteiger partial charge in [-0.25, -0.2) is 8.42 Å². The van der Waals surface area contributed by atoms with E-state index in [-0.39, 0.29) is 0 Å². The first-order valence-electron chi connectivity index (χ1n) is 5.27. The summed E-state index contributed by atoms with van der Waals surface area (Å²) in [4.78, 5) is 20.2. The lowest BCUT2D eigenvalue weighted by Gasteiger charge is -2.13. The number of nitro benzene ring substituents is 1. The van der Waals surface area contributed by atoms with Gasteiger partial charge in [0.15, 0.2) is 4.90 Å². The molecule has 10 heteroatoms. The van der Waals surface area contributed by atoms with Gasteiger partial charge in [-0.15, -0.1) is 0 Å². The van der Waals surface area contributed by atoms with Crippen molar-refractivity contribution in [1.82, 2.24) is 4.72 Å². The number of carbonyl (C=O) groups is 1. The number of nitrogens with one attached hydrogen (secondary N) is 1. The number of carboxylic acid groups (broad SMARTS) is 1. The highest BCUT2D eigenvalue weighted by molar-refractivity contribution is 7.89. The topological polar surface area (TPSA) is 136 Å². The second-order valence-electron chi connectivity index (χ2n) is 3.69. The van der Waals surface area contributed by atoms with Crippen molar-refractivity contribution in [1.29, 1.82) is 0 Å². The Bertz CT molecular complexity index is 614. The summed E-state index contributed by atoms with van der Waals surface area (Å²) < 4.78 is 30.5. The molecule has 0 bridgehead atoms. The number of rotatable bonds is 7. The Labute approximate surface area is 114 Å². The van der Waals surface area contributed by atoms with Crippen LogP contribution in [0.25, 0.3) is 0 Å². The smallest absolute Gasteiger partial charge is 0.324 e. The van der Waals surface area contributed by atoms with Gasteiger partial charge in [-0.1, -0.05) is 12.1 Å². The van der Waals surface area contributed by atoms with E-state index in [0.717, 1.165) is 12.1 Å². The summed E-state index contributed by atoms with van der Waals surface area (Å²) in [6.07, 6.45) is 0. The van der Waals surface area contributed by atoms with Gasteiger partial charge in [0.25, 0.3) is 5.69 Å². The molecule has 0 saturated heterocycles. The van der Waals surface area contributed by atoms with Crippen LogP contribution in [0.1, 0.15) is 0 Å². The van der Waals surface area contributed by atoms with Crippen molar-refractivity contribution in [3.63, 3.8) is 0 Å². The number of methoxy groups -OCH3 is 1. The van der Waals surface area contributed by atoms with Crippen LogP contribution in [-0.2, 0) is 19.6 Å². The van der Waals surface area contributed by atoms with Crippen molar-refractivity contribution in [3.05, 3.63) is 34.4 Å². The van der Waals surface area contributed by atoms with Crippen molar-refractivity contribution in [2.45, 2.75) is 10.9 Å². The van der Waals surface area contributed by atoms with Crippen LogP contribution < -0.4 is 4.72 Å². The largest absolute Gasteiger partial charge is 0.480 e. The Balaban J connectivity index is 3.17. The fraction of sp³-hybridized carbons (Fsp3) is 0.300. The molecular weight excluding hydrogens is 292 g/mol. The molecule has 9 nitrogen and oxygen atoms in total. The van der Waals surface area contributed by atoms with Crippen LogP contribution in [0.2, 0.25) is 0 Å². The Morgan fingerprint density at radius 1 is 1.50 bits per heavy atom. The number of para-hydroxylation sites is 1. The maximum absolute atomic E-state index is 12.0. The number of nitro groups is 1. The Morgan fingerprint density at radius 2 is 2.10 bits per heavy atom. The third-order valence-electron chi connectivity index (χ3n) is 2.28. The number of benzene rings is 1. The number of hydrogen-bond acceptors (Lipinski definition) is 6. The molecule has 0 aliphatic rings. The molecular formula is C10H12N2O7S. The molecule has 1 rings (SSSR count). The maximum atomic E-state index is 12.0. The molecule has 0 aliphatic heterocycles. The van der Waals surface area contributed by atoms with E-state index < -0.39 is 44.1 Å². The third kappa shape index (κ3) is 3.73. The van der Waals surface area contributed by atoms with Gasteiger partial charge >= 0.3 is 5.97 Å². The second-order valence-corrected chi connectivity index (χ2v) is 5.37. The van der Waals surface area contributed by atoms with Crippen LogP contribution in [0.5, 0.6) is 0 Å². The normalized spacial score (nSPS) is 12.8. The van der Waals surface area contributed by atoms with Crippen LogP contribution in [0, 0.1) is 10.1 Å². The fourth-order valence-electron chi connectivity index (χ4n) is 1.41. The van der Waals surface area contributed by atoms with Gasteiger partial charge in [0.2, 0.25) is 10.0 Å². The molecule has 0 aliphatic carbocycles. The summed E-state index contributed by atoms with van der Waals surface area (Å²) in [5.41, 5.74) is -0.637. The zero-order chi connectivity index (χ0) is 15.3. The van der Waals surface area contributed by atoms with Crippen molar-refractivity contribution in [3.8, 4) is 0 Å². The average Bonchev–Trinajstić information content (AvgIpc) is 2.38. The number of ether oxygens (including phenoxy) is 1. The lowest BCUT2D eigenvalue weighted by Crippen LogP contribution is -2.43. The molecule has 0 amide bonds. The molecule has 20 heavy (non-hydrogen) atoms. The van der Waals surface area contributed by atoms with Crippen LogP contribution in [0.4, 0.5) is 5.69 Å². The zero-order valence-electron chi connectivity index (χ0n) is 10.3. The highest BCUT2D eigenvalue weighted by Gasteiger charge is 2.30. The molecule has 0 heterocycles. The Hall–Kier alpha value is -2.04. The molecule has 0 aromatic heterocycles. The van der Waals surface area contributed by atoms with Gasteiger partial charge in [0.05, 0.1) is 11.5 Å². The number of sulfonamides is 1. The highest BCUT2D eigenvalue weighted by Crippen LogP contribution is 2.22. The summed E-state index contributed by atoms with van der Waals surface area (Å²) in [7, 11) is -3.15. The van der Waals surface area contributed by atoms with Crippen LogP contribution >= 0.6 is 0 Å². The molecule has 1 atom stereocenters. The quantitative estimate of drug-likeness (QED) is 0.533. The number of aliphatic carboxylic acids is 1. The monoisotopic (exact) mass is 304 g/mol. The van der Waals surface area contributed by atoms with Gasteiger partial charge in [-0.3, -0.25) is 14.9 Å². The van der Waals surface area contributed by atoms with E-state index >= 15 is 0 Å². The summed E-state index contributed by atoms with van der Waals surface area (Å²) in [5.74, 6) is -1.45. The summed E-state index contributed by atoms with van der Waals surface area (Å²) in [6.45, 7) is -0.408. The average molecular weight is 304 g/mol. The number of carboxylic acids is 1. The molecule has 0 unspecified atom stereocenters. The van der Waals surface area contributed by atoms with Gasteiger partial charge in [-0.2, -0.15) is 4.72 Å². The van der Waals surface area contributed by atoms with E-state index in [0.29, 0.717) is 0 Å². The standard InChI is InChI=1S/C10H12N2O7S/c1-19-6-7(10(13)14)11-20(17,18)9-5-3-2-4-8(9)12(15)16/h2-5,7,11H,6H2,1H3,(H,13,14)/t7-/m0/s1. The minimum Gasteiger partial charge on any atom is -0.480 e. The van der Waals surface area contributed by atoms with E-state index in [1.807, 2.05) is 4.72 Å². The molecule has 1 aromatic carbocycles. The summed E-state index contributed by atoms with van der Waals surface area (Å²) in [6, 6.07) is 3.10. The van der Waals surface area contributed by atoms with E-state index in [1.54, 1.807) is 0 Å². The highest BCUT2D eigenvalue weighted by atomic mass is 32.2. The summed E-state index contributed by atoms with van der Waals surface area (Å²) in [5, 5.41) is 19.6. The van der Waals surface area contributed by atoms with Crippen LogP contribution in [-0.4, -0.2) is 44.2 Å². The fourth-order valence-corrected chi connectivity index (χ4v) is 2.75. The van der Waals surface area contributed by atoms with Gasteiger partial charge < -0.3 is 9.84 Å². The lowest BCUT2D eigenvalue weighted by atomic mass is 10.3. The lowest BCUT2D eigenvalue weighted by molar-refractivity contribution is -0.387. The Kier molecular flexibility index (Phi) is 5.13. The first kappa shape index (κ1) is 16.0. The summed E-state index contributed by atoms with van der Waals surface area (Å²) >= 11 is 0. The molecule has 0 fully saturated rings. The minimum absolute atomic E-state index is 0.408. The van der Waals surface area contributed by atoms with Crippen molar-refractivity contribution in [2.24, 2.45) is 0 Å². The molecule has 0 spiro atoms. The predicted molar refractivity (Wildman–Crippen MR) is 66.7 cm³/mol. The number of nitrogens with zero attached hydrogens (tertiary/aromatic N) is 1. The Morgan fingerprint density at radius 3 is 2.60 bits per heavy atom. The first-order valence-corrected chi connectivity index (χ1v) is 6.75. The van der Waals surface area contributed by atoms with Crippen LogP contribution in [0.3, 0.4) is 0 Å². The minimum atomic E-state index is -4.35. The van der Waals surface area contributed by atoms with E-state index in [9.17, 15) is 23.3 Å². The molecule has 0 saturated carbocycles. The predicted octanol–water partition coefficient (Wildman–Crippen LogP) is -0.0273. The third-order valence-corrected chi connectivity index (χ3v) is 3.80. The van der Waals surface area contributed by atoms with Crippen LogP contribution in [0.15, 0.2) is 29.2 Å². The molecule has 1 aromatic rings. The molecule has 110 valence electrons. The maximum Gasteiger partial charge on any atom is 0.324 e. The van der Waals surface area contributed by atoms with Gasteiger partial charge in [-0.05, 0) is 6.07 Å². The second kappa shape index (κ2) is 6.41. The van der Waals surface area contributed by atoms with Gasteiger partial charge in [0, 0.05) is 13.2 Å². The number of hydrogen-bond donors (Lipinski definition) is 2. The zero-order valence-corrected chi connectivity index (χ0v) is 11.2. The first-order chi connectivity index (χ1) is 9.29. The van der Waals surface area contributed by atoms with Crippen molar-refractivity contribution < 1.29 is 28.0 Å².